The lowest BCUT2D eigenvalue weighted by molar-refractivity contribution is -0.241. The fourth-order valence-corrected chi connectivity index (χ4v) is 3.48. The van der Waals surface area contributed by atoms with E-state index < -0.39 is 35.2 Å². The van der Waals surface area contributed by atoms with Crippen molar-refractivity contribution < 1.29 is 23.5 Å². The van der Waals surface area contributed by atoms with Crippen LogP contribution in [-0.4, -0.2) is 30.8 Å². The molecule has 1 fully saturated rings. The van der Waals surface area contributed by atoms with Crippen molar-refractivity contribution in [1.29, 1.82) is 5.26 Å². The van der Waals surface area contributed by atoms with E-state index in [2.05, 4.69) is 4.90 Å². The molecule has 0 amide bonds. The minimum Gasteiger partial charge on any atom is -0.422 e. The van der Waals surface area contributed by atoms with E-state index in [1.54, 1.807) is 6.07 Å². The van der Waals surface area contributed by atoms with Crippen LogP contribution in [0, 0.1) is 23.2 Å². The van der Waals surface area contributed by atoms with Gasteiger partial charge in [-0.25, -0.2) is 4.79 Å². The summed E-state index contributed by atoms with van der Waals surface area (Å²) in [6, 6.07) is 9.13. The lowest BCUT2D eigenvalue weighted by atomic mass is 9.91. The molecule has 1 aliphatic heterocycles. The maximum Gasteiger partial charge on any atom is 0.343 e. The third-order valence-electron chi connectivity index (χ3n) is 5.07. The average Bonchev–Trinajstić information content (AvgIpc) is 2.70. The number of nitrogens with zero attached hydrogens (tertiary/aromatic N) is 2. The molecule has 8 heteroatoms. The molecule has 1 aliphatic rings. The van der Waals surface area contributed by atoms with E-state index in [0.29, 0.717) is 11.0 Å². The zero-order valence-electron chi connectivity index (χ0n) is 17.9. The van der Waals surface area contributed by atoms with E-state index in [9.17, 15) is 19.6 Å². The molecule has 0 aliphatic carbocycles. The maximum atomic E-state index is 12.4. The number of anilines is 1. The fourth-order valence-electron chi connectivity index (χ4n) is 3.48. The Balaban J connectivity index is 1.89. The number of esters is 2. The van der Waals surface area contributed by atoms with Gasteiger partial charge in [0.15, 0.2) is 5.92 Å². The number of benzene rings is 1. The summed E-state index contributed by atoms with van der Waals surface area (Å²) in [5, 5.41) is 10.2. The van der Waals surface area contributed by atoms with Crippen molar-refractivity contribution in [3.8, 4) is 6.07 Å². The topological polar surface area (TPSA) is 110 Å². The Morgan fingerprint density at radius 3 is 2.35 bits per heavy atom. The molecular formula is C23H24N2O6. The second-order valence-electron chi connectivity index (χ2n) is 7.62. The molecule has 1 aromatic heterocycles. The molecule has 1 unspecified atom stereocenters. The van der Waals surface area contributed by atoms with Crippen LogP contribution in [0.25, 0.3) is 17.0 Å². The fraction of sp³-hybridized carbons (Fsp3) is 0.391. The molecule has 0 radical (unpaired) electrons. The Hall–Kier alpha value is -3.60. The molecule has 1 aromatic carbocycles. The Bertz CT molecular complexity index is 1120. The number of allylic oxidation sites excluding steroid dienone is 1. The second kappa shape index (κ2) is 8.64. The van der Waals surface area contributed by atoms with Crippen LogP contribution in [0.2, 0.25) is 0 Å². The predicted octanol–water partition coefficient (Wildman–Crippen LogP) is 3.24. The van der Waals surface area contributed by atoms with E-state index in [1.807, 2.05) is 38.1 Å². The molecule has 3 rings (SSSR count). The van der Waals surface area contributed by atoms with Crippen molar-refractivity contribution in [3.63, 3.8) is 0 Å². The summed E-state index contributed by atoms with van der Waals surface area (Å²) >= 11 is 0. The van der Waals surface area contributed by atoms with Gasteiger partial charge in [-0.1, -0.05) is 12.2 Å². The van der Waals surface area contributed by atoms with Gasteiger partial charge in [0, 0.05) is 44.1 Å². The van der Waals surface area contributed by atoms with E-state index >= 15 is 0 Å². The smallest absolute Gasteiger partial charge is 0.343 e. The summed E-state index contributed by atoms with van der Waals surface area (Å²) in [7, 11) is 0. The number of hydrogen-bond acceptors (Lipinski definition) is 8. The predicted molar refractivity (Wildman–Crippen MR) is 114 cm³/mol. The molecule has 0 saturated carbocycles. The van der Waals surface area contributed by atoms with Crippen molar-refractivity contribution in [3.05, 3.63) is 46.3 Å². The molecule has 1 atom stereocenters. The van der Waals surface area contributed by atoms with Crippen molar-refractivity contribution in [2.75, 3.05) is 18.0 Å². The highest BCUT2D eigenvalue weighted by Crippen LogP contribution is 2.29. The lowest BCUT2D eigenvalue weighted by Gasteiger charge is -2.33. The SMILES string of the molecule is CCN(CC)c1ccc2cc(/C=C/C(C#N)C3C(=O)OC(C)(C)OC3=O)c(=O)oc2c1. The summed E-state index contributed by atoms with van der Waals surface area (Å²) in [4.78, 5) is 39.0. The molecule has 0 bridgehead atoms. The molecule has 2 aromatic rings. The summed E-state index contributed by atoms with van der Waals surface area (Å²) in [5.41, 5.74) is 1.00. The van der Waals surface area contributed by atoms with Crippen LogP contribution in [0.15, 0.2) is 39.6 Å². The zero-order chi connectivity index (χ0) is 22.8. The monoisotopic (exact) mass is 424 g/mol. The van der Waals surface area contributed by atoms with Crippen molar-refractivity contribution >= 4 is 34.7 Å². The number of hydrogen-bond donors (Lipinski definition) is 0. The molecule has 2 heterocycles. The van der Waals surface area contributed by atoms with Crippen LogP contribution in [-0.2, 0) is 19.1 Å². The number of nitriles is 1. The summed E-state index contributed by atoms with van der Waals surface area (Å²) in [6.45, 7) is 8.60. The van der Waals surface area contributed by atoms with Gasteiger partial charge in [-0.2, -0.15) is 5.26 Å². The Morgan fingerprint density at radius 1 is 1.13 bits per heavy atom. The largest absolute Gasteiger partial charge is 0.422 e. The van der Waals surface area contributed by atoms with Crippen LogP contribution in [0.3, 0.4) is 0 Å². The first-order valence-electron chi connectivity index (χ1n) is 10.1. The third-order valence-corrected chi connectivity index (χ3v) is 5.07. The van der Waals surface area contributed by atoms with E-state index in [0.717, 1.165) is 18.8 Å². The molecular weight excluding hydrogens is 400 g/mol. The average molecular weight is 424 g/mol. The first-order chi connectivity index (χ1) is 14.7. The third kappa shape index (κ3) is 4.61. The van der Waals surface area contributed by atoms with Crippen LogP contribution in [0.5, 0.6) is 0 Å². The molecule has 0 N–H and O–H groups in total. The highest BCUT2D eigenvalue weighted by molar-refractivity contribution is 5.97. The van der Waals surface area contributed by atoms with Gasteiger partial charge in [-0.3, -0.25) is 9.59 Å². The first-order valence-corrected chi connectivity index (χ1v) is 10.1. The van der Waals surface area contributed by atoms with Gasteiger partial charge in [0.2, 0.25) is 0 Å². The van der Waals surface area contributed by atoms with Crippen LogP contribution in [0.4, 0.5) is 5.69 Å². The normalized spacial score (nSPS) is 17.3. The van der Waals surface area contributed by atoms with Gasteiger partial charge in [0.25, 0.3) is 5.79 Å². The highest BCUT2D eigenvalue weighted by atomic mass is 16.7. The minimum atomic E-state index is -1.42. The Morgan fingerprint density at radius 2 is 1.77 bits per heavy atom. The Labute approximate surface area is 179 Å². The lowest BCUT2D eigenvalue weighted by Crippen LogP contribution is -2.48. The molecule has 8 nitrogen and oxygen atoms in total. The van der Waals surface area contributed by atoms with Gasteiger partial charge >= 0.3 is 17.6 Å². The number of ether oxygens (including phenoxy) is 2. The standard InChI is InChI=1S/C23H24N2O6/c1-5-25(6-2)17-10-9-14-11-15(20(26)29-18(14)12-17)7-8-16(13-24)19-21(27)30-23(3,4)31-22(19)28/h7-12,16,19H,5-6H2,1-4H3/b8-7+. The van der Waals surface area contributed by atoms with Gasteiger partial charge in [0.1, 0.15) is 5.58 Å². The van der Waals surface area contributed by atoms with Crippen LogP contribution < -0.4 is 10.5 Å². The van der Waals surface area contributed by atoms with Gasteiger partial charge < -0.3 is 18.8 Å². The van der Waals surface area contributed by atoms with Crippen molar-refractivity contribution in [2.45, 2.75) is 33.5 Å². The highest BCUT2D eigenvalue weighted by Gasteiger charge is 2.46. The zero-order valence-corrected chi connectivity index (χ0v) is 17.9. The quantitative estimate of drug-likeness (QED) is 0.395. The van der Waals surface area contributed by atoms with Gasteiger partial charge in [-0.05, 0) is 32.0 Å². The summed E-state index contributed by atoms with van der Waals surface area (Å²) in [5.74, 6) is -5.63. The molecule has 31 heavy (non-hydrogen) atoms. The summed E-state index contributed by atoms with van der Waals surface area (Å²) in [6.07, 6.45) is 2.69. The van der Waals surface area contributed by atoms with Crippen LogP contribution in [0.1, 0.15) is 33.3 Å². The molecule has 162 valence electrons. The van der Waals surface area contributed by atoms with E-state index in [1.165, 1.54) is 26.0 Å². The molecule has 0 spiro atoms. The molecule has 1 saturated heterocycles. The number of cyclic esters (lactones) is 2. The van der Waals surface area contributed by atoms with Crippen molar-refractivity contribution in [2.24, 2.45) is 11.8 Å². The Kier molecular flexibility index (Phi) is 6.16. The van der Waals surface area contributed by atoms with Crippen LogP contribution >= 0.6 is 0 Å². The number of fused-ring (bicyclic) bond motifs is 1. The second-order valence-corrected chi connectivity index (χ2v) is 7.62. The maximum absolute atomic E-state index is 12.4. The minimum absolute atomic E-state index is 0.196. The summed E-state index contributed by atoms with van der Waals surface area (Å²) < 4.78 is 15.6. The van der Waals surface area contributed by atoms with Gasteiger partial charge in [0.05, 0.1) is 17.6 Å². The van der Waals surface area contributed by atoms with E-state index in [-0.39, 0.29) is 5.56 Å². The first kappa shape index (κ1) is 22.1. The van der Waals surface area contributed by atoms with Crippen molar-refractivity contribution in [1.82, 2.24) is 0 Å². The number of carbonyl (C=O) groups excluding carboxylic acids is 2. The van der Waals surface area contributed by atoms with Gasteiger partial charge in [-0.15, -0.1) is 0 Å². The number of rotatable bonds is 6. The number of carbonyl (C=O) groups is 2. The van der Waals surface area contributed by atoms with E-state index in [4.69, 9.17) is 13.9 Å².